The van der Waals surface area contributed by atoms with E-state index >= 15 is 0 Å². The lowest BCUT2D eigenvalue weighted by atomic mass is 9.76. The molecule has 5 aromatic carbocycles. The predicted molar refractivity (Wildman–Crippen MR) is 188 cm³/mol. The van der Waals surface area contributed by atoms with Gasteiger partial charge in [-0.25, -0.2) is 0 Å². The number of nitrogens with zero attached hydrogens (tertiary/aromatic N) is 1. The highest BCUT2D eigenvalue weighted by atomic mass is 16.5. The normalized spacial score (nSPS) is 19.3. The van der Waals surface area contributed by atoms with E-state index in [0.29, 0.717) is 0 Å². The molecule has 2 aliphatic heterocycles. The van der Waals surface area contributed by atoms with Crippen molar-refractivity contribution < 1.29 is 14.2 Å². The van der Waals surface area contributed by atoms with Crippen molar-refractivity contribution in [2.45, 2.75) is 31.8 Å². The summed E-state index contributed by atoms with van der Waals surface area (Å²) < 4.78 is 18.8. The van der Waals surface area contributed by atoms with E-state index < -0.39 is 5.60 Å². The number of benzene rings is 5. The highest BCUT2D eigenvalue weighted by molar-refractivity contribution is 6.09. The van der Waals surface area contributed by atoms with Crippen LogP contribution in [-0.4, -0.2) is 40.4 Å². The molecular formula is C41H40N2O3. The van der Waals surface area contributed by atoms with Gasteiger partial charge in [-0.2, -0.15) is 0 Å². The van der Waals surface area contributed by atoms with E-state index in [-0.39, 0.29) is 5.41 Å². The van der Waals surface area contributed by atoms with E-state index in [9.17, 15) is 0 Å². The number of nitrogens with one attached hydrogen (secondary N) is 1. The van der Waals surface area contributed by atoms with Gasteiger partial charge in [-0.1, -0.05) is 68.0 Å². The third-order valence-corrected chi connectivity index (χ3v) is 10.3. The second-order valence-corrected chi connectivity index (χ2v) is 13.3. The highest BCUT2D eigenvalue weighted by Gasteiger charge is 2.44. The van der Waals surface area contributed by atoms with Gasteiger partial charge in [-0.05, 0) is 83.1 Å². The SMILES string of the molecule is COc1ccc(C2(c3ccc(N4CCNCC4)cc3)C=Cc3c4c(c5ccc(OC)cc5c3O2)-c2ccc(C)cc2C4(C)C)cc1. The lowest BCUT2D eigenvalue weighted by Crippen LogP contribution is -2.43. The zero-order chi connectivity index (χ0) is 31.6. The third-order valence-electron chi connectivity index (χ3n) is 10.3. The molecule has 0 spiro atoms. The fourth-order valence-electron chi connectivity index (χ4n) is 7.86. The molecule has 0 saturated carbocycles. The largest absolute Gasteiger partial charge is 0.497 e. The first-order valence-corrected chi connectivity index (χ1v) is 16.2. The van der Waals surface area contributed by atoms with Gasteiger partial charge in [-0.15, -0.1) is 0 Å². The number of fused-ring (bicyclic) bond motifs is 8. The van der Waals surface area contributed by atoms with E-state index in [1.807, 2.05) is 12.1 Å². The number of methoxy groups -OCH3 is 2. The number of hydrogen-bond acceptors (Lipinski definition) is 5. The molecule has 3 aliphatic rings. The van der Waals surface area contributed by atoms with Crippen LogP contribution in [0.1, 0.15) is 47.2 Å². The molecular weight excluding hydrogens is 568 g/mol. The summed E-state index contributed by atoms with van der Waals surface area (Å²) in [6.45, 7) is 10.9. The van der Waals surface area contributed by atoms with E-state index in [0.717, 1.165) is 65.5 Å². The molecule has 5 aromatic rings. The maximum Gasteiger partial charge on any atom is 0.178 e. The van der Waals surface area contributed by atoms with Gasteiger partial charge in [0.1, 0.15) is 17.2 Å². The number of hydrogen-bond donors (Lipinski definition) is 1. The average Bonchev–Trinajstić information content (AvgIpc) is 3.34. The van der Waals surface area contributed by atoms with E-state index in [1.54, 1.807) is 14.2 Å². The average molecular weight is 609 g/mol. The summed E-state index contributed by atoms with van der Waals surface area (Å²) in [5.41, 5.74) is 9.97. The molecule has 46 heavy (non-hydrogen) atoms. The van der Waals surface area contributed by atoms with Crippen molar-refractivity contribution in [1.82, 2.24) is 5.32 Å². The molecule has 0 bridgehead atoms. The summed E-state index contributed by atoms with van der Waals surface area (Å²) in [5.74, 6) is 2.51. The summed E-state index contributed by atoms with van der Waals surface area (Å²) in [4.78, 5) is 2.44. The summed E-state index contributed by atoms with van der Waals surface area (Å²) in [6, 6.07) is 30.5. The number of aryl methyl sites for hydroxylation is 1. The van der Waals surface area contributed by atoms with Gasteiger partial charge in [0.05, 0.1) is 14.2 Å². The number of rotatable bonds is 5. The first kappa shape index (κ1) is 28.7. The summed E-state index contributed by atoms with van der Waals surface area (Å²) in [6.07, 6.45) is 4.57. The monoisotopic (exact) mass is 608 g/mol. The van der Waals surface area contributed by atoms with Crippen molar-refractivity contribution in [3.05, 3.63) is 124 Å². The van der Waals surface area contributed by atoms with Gasteiger partial charge in [0.2, 0.25) is 0 Å². The van der Waals surface area contributed by atoms with Crippen LogP contribution in [-0.2, 0) is 11.0 Å². The standard InChI is InChI=1S/C41H40N2O3/c1-26-6-16-33-36(24-26)40(2,3)38-34-18-19-41(28-9-13-30(44-4)14-10-28,27-7-11-29(12-8-27)43-22-20-42-21-23-43)46-39(34)35-25-31(45-5)15-17-32(35)37(33)38/h6-19,24-25,42H,20-23H2,1-5H3. The molecule has 0 radical (unpaired) electrons. The van der Waals surface area contributed by atoms with Crippen LogP contribution >= 0.6 is 0 Å². The zero-order valence-corrected chi connectivity index (χ0v) is 27.2. The Morgan fingerprint density at radius 3 is 2.13 bits per heavy atom. The lowest BCUT2D eigenvalue weighted by molar-refractivity contribution is 0.163. The summed E-state index contributed by atoms with van der Waals surface area (Å²) in [7, 11) is 3.43. The Bertz CT molecular complexity index is 2000. The van der Waals surface area contributed by atoms with Crippen LogP contribution in [0.5, 0.6) is 17.2 Å². The minimum absolute atomic E-state index is 0.201. The van der Waals surface area contributed by atoms with Crippen LogP contribution in [0.15, 0.2) is 91.0 Å². The topological polar surface area (TPSA) is 43.0 Å². The van der Waals surface area contributed by atoms with Crippen LogP contribution in [0, 0.1) is 6.92 Å². The second kappa shape index (κ2) is 10.7. The smallest absolute Gasteiger partial charge is 0.178 e. The molecule has 5 nitrogen and oxygen atoms in total. The minimum atomic E-state index is -0.850. The quantitative estimate of drug-likeness (QED) is 0.218. The van der Waals surface area contributed by atoms with Gasteiger partial charge in [0.25, 0.3) is 0 Å². The predicted octanol–water partition coefficient (Wildman–Crippen LogP) is 8.23. The summed E-state index contributed by atoms with van der Waals surface area (Å²) >= 11 is 0. The number of ether oxygens (including phenoxy) is 3. The van der Waals surface area contributed by atoms with Crippen molar-refractivity contribution >= 4 is 22.5 Å². The fraction of sp³-hybridized carbons (Fsp3) is 0.268. The Morgan fingerprint density at radius 2 is 1.43 bits per heavy atom. The molecule has 5 heteroatoms. The van der Waals surface area contributed by atoms with Gasteiger partial charge in [-0.3, -0.25) is 0 Å². The number of piperazine rings is 1. The van der Waals surface area contributed by atoms with Gasteiger partial charge in [0, 0.05) is 59.4 Å². The molecule has 1 fully saturated rings. The fourth-order valence-corrected chi connectivity index (χ4v) is 7.86. The molecule has 1 atom stereocenters. The minimum Gasteiger partial charge on any atom is -0.497 e. The Balaban J connectivity index is 1.37. The van der Waals surface area contributed by atoms with Crippen molar-refractivity contribution in [2.75, 3.05) is 45.3 Å². The van der Waals surface area contributed by atoms with Gasteiger partial charge < -0.3 is 24.4 Å². The van der Waals surface area contributed by atoms with Gasteiger partial charge in [0.15, 0.2) is 5.60 Å². The van der Waals surface area contributed by atoms with E-state index in [2.05, 4.69) is 116 Å². The maximum absolute atomic E-state index is 7.50. The Morgan fingerprint density at radius 1 is 0.761 bits per heavy atom. The lowest BCUT2D eigenvalue weighted by Gasteiger charge is -2.39. The third kappa shape index (κ3) is 4.25. The first-order chi connectivity index (χ1) is 22.3. The van der Waals surface area contributed by atoms with E-state index in [1.165, 1.54) is 38.9 Å². The Hall–Kier alpha value is -4.74. The van der Waals surface area contributed by atoms with Crippen molar-refractivity contribution in [3.63, 3.8) is 0 Å². The molecule has 8 rings (SSSR count). The van der Waals surface area contributed by atoms with E-state index in [4.69, 9.17) is 14.2 Å². The van der Waals surface area contributed by atoms with Crippen LogP contribution in [0.4, 0.5) is 5.69 Å². The molecule has 1 N–H and O–H groups in total. The molecule has 2 heterocycles. The second-order valence-electron chi connectivity index (χ2n) is 13.3. The van der Waals surface area contributed by atoms with Crippen LogP contribution in [0.25, 0.3) is 28.0 Å². The van der Waals surface area contributed by atoms with Crippen molar-refractivity contribution in [3.8, 4) is 28.4 Å². The van der Waals surface area contributed by atoms with Crippen LogP contribution in [0.2, 0.25) is 0 Å². The molecule has 1 aliphatic carbocycles. The molecule has 0 aromatic heterocycles. The Labute approximate surface area is 271 Å². The van der Waals surface area contributed by atoms with Gasteiger partial charge >= 0.3 is 0 Å². The van der Waals surface area contributed by atoms with Crippen LogP contribution < -0.4 is 24.4 Å². The molecule has 0 amide bonds. The Kier molecular flexibility index (Phi) is 6.66. The summed E-state index contributed by atoms with van der Waals surface area (Å²) in [5, 5.41) is 5.69. The van der Waals surface area contributed by atoms with Crippen molar-refractivity contribution in [1.29, 1.82) is 0 Å². The molecule has 1 unspecified atom stereocenters. The highest BCUT2D eigenvalue weighted by Crippen LogP contribution is 2.58. The van der Waals surface area contributed by atoms with Crippen molar-refractivity contribution in [2.24, 2.45) is 0 Å². The number of anilines is 1. The molecule has 232 valence electrons. The van der Waals surface area contributed by atoms with Crippen LogP contribution in [0.3, 0.4) is 0 Å². The zero-order valence-electron chi connectivity index (χ0n) is 27.2. The first-order valence-electron chi connectivity index (χ1n) is 16.2. The molecule has 1 saturated heterocycles. The maximum atomic E-state index is 7.50.